The highest BCUT2D eigenvalue weighted by atomic mass is 19.2. The molecule has 1 N–H and O–H groups in total. The molecule has 0 saturated heterocycles. The van der Waals surface area contributed by atoms with Gasteiger partial charge >= 0.3 is 0 Å². The highest BCUT2D eigenvalue weighted by Crippen LogP contribution is 2.30. The fourth-order valence-corrected chi connectivity index (χ4v) is 2.68. The predicted molar refractivity (Wildman–Crippen MR) is 76.0 cm³/mol. The molecule has 0 aliphatic rings. The summed E-state index contributed by atoms with van der Waals surface area (Å²) < 4.78 is 26.2. The summed E-state index contributed by atoms with van der Waals surface area (Å²) in [4.78, 5) is 0. The van der Waals surface area contributed by atoms with Crippen molar-refractivity contribution >= 4 is 0 Å². The molecule has 3 heteroatoms. The Morgan fingerprint density at radius 2 is 1.79 bits per heavy atom. The molecule has 2 unspecified atom stereocenters. The first kappa shape index (κ1) is 16.1. The van der Waals surface area contributed by atoms with E-state index in [1.807, 2.05) is 7.05 Å². The zero-order valence-electron chi connectivity index (χ0n) is 12.6. The predicted octanol–water partition coefficient (Wildman–Crippen LogP) is 4.69. The zero-order valence-corrected chi connectivity index (χ0v) is 12.6. The van der Waals surface area contributed by atoms with Gasteiger partial charge in [-0.1, -0.05) is 33.8 Å². The number of rotatable bonds is 5. The summed E-state index contributed by atoms with van der Waals surface area (Å²) in [6.07, 6.45) is 2.02. The second kappa shape index (κ2) is 6.47. The van der Waals surface area contributed by atoms with Crippen molar-refractivity contribution in [1.29, 1.82) is 0 Å². The van der Waals surface area contributed by atoms with E-state index in [1.165, 1.54) is 12.1 Å². The molecular formula is C16H25F2N. The van der Waals surface area contributed by atoms with Crippen molar-refractivity contribution in [3.05, 3.63) is 35.4 Å². The van der Waals surface area contributed by atoms with Gasteiger partial charge in [0.25, 0.3) is 0 Å². The Labute approximate surface area is 115 Å². The number of benzene rings is 1. The van der Waals surface area contributed by atoms with E-state index >= 15 is 0 Å². The number of hydrogen-bond donors (Lipinski definition) is 1. The third kappa shape index (κ3) is 5.27. The Morgan fingerprint density at radius 3 is 2.26 bits per heavy atom. The lowest BCUT2D eigenvalue weighted by molar-refractivity contribution is 0.278. The molecule has 0 heterocycles. The second-order valence-electron chi connectivity index (χ2n) is 6.62. The highest BCUT2D eigenvalue weighted by molar-refractivity contribution is 5.21. The normalized spacial score (nSPS) is 15.3. The molecule has 0 saturated carbocycles. The van der Waals surface area contributed by atoms with Crippen molar-refractivity contribution < 1.29 is 8.78 Å². The Morgan fingerprint density at radius 1 is 1.16 bits per heavy atom. The van der Waals surface area contributed by atoms with Crippen LogP contribution in [0, 0.1) is 23.0 Å². The van der Waals surface area contributed by atoms with E-state index in [2.05, 4.69) is 33.0 Å². The van der Waals surface area contributed by atoms with Gasteiger partial charge < -0.3 is 5.32 Å². The molecule has 1 nitrogen and oxygen atoms in total. The van der Waals surface area contributed by atoms with E-state index in [0.717, 1.165) is 18.4 Å². The van der Waals surface area contributed by atoms with Crippen molar-refractivity contribution in [3.63, 3.8) is 0 Å². The minimum atomic E-state index is -0.790. The van der Waals surface area contributed by atoms with E-state index in [1.54, 1.807) is 6.07 Å². The maximum absolute atomic E-state index is 13.3. The van der Waals surface area contributed by atoms with Gasteiger partial charge in [0.1, 0.15) is 0 Å². The lowest BCUT2D eigenvalue weighted by Gasteiger charge is -2.27. The summed E-state index contributed by atoms with van der Waals surface area (Å²) in [5.74, 6) is -1.05. The summed E-state index contributed by atoms with van der Waals surface area (Å²) in [5.41, 5.74) is 1.09. The Bertz CT molecular complexity index is 410. The van der Waals surface area contributed by atoms with Crippen LogP contribution in [0.2, 0.25) is 0 Å². The number of nitrogens with one attached hydrogen (secondary N) is 1. The summed E-state index contributed by atoms with van der Waals surface area (Å²) in [5, 5.41) is 3.19. The van der Waals surface area contributed by atoms with Gasteiger partial charge in [-0.2, -0.15) is 0 Å². The van der Waals surface area contributed by atoms with Crippen LogP contribution in [0.4, 0.5) is 8.78 Å². The quantitative estimate of drug-likeness (QED) is 0.818. The van der Waals surface area contributed by atoms with Crippen molar-refractivity contribution in [2.75, 3.05) is 7.05 Å². The fourth-order valence-electron chi connectivity index (χ4n) is 2.68. The van der Waals surface area contributed by atoms with E-state index in [0.29, 0.717) is 5.92 Å². The molecular weight excluding hydrogens is 244 g/mol. The van der Waals surface area contributed by atoms with Crippen LogP contribution >= 0.6 is 0 Å². The lowest BCUT2D eigenvalue weighted by atomic mass is 9.82. The molecule has 0 amide bonds. The van der Waals surface area contributed by atoms with E-state index in [-0.39, 0.29) is 11.5 Å². The number of hydrogen-bond acceptors (Lipinski definition) is 1. The van der Waals surface area contributed by atoms with Crippen molar-refractivity contribution in [2.24, 2.45) is 11.3 Å². The van der Waals surface area contributed by atoms with Crippen LogP contribution < -0.4 is 5.32 Å². The first-order chi connectivity index (χ1) is 8.73. The van der Waals surface area contributed by atoms with E-state index in [9.17, 15) is 8.78 Å². The van der Waals surface area contributed by atoms with Crippen LogP contribution in [0.3, 0.4) is 0 Å². The van der Waals surface area contributed by atoms with Gasteiger partial charge in [0, 0.05) is 6.04 Å². The fraction of sp³-hybridized carbons (Fsp3) is 0.625. The minimum absolute atomic E-state index is 0.0625. The molecule has 1 aromatic carbocycles. The Kier molecular flexibility index (Phi) is 5.48. The molecule has 0 bridgehead atoms. The van der Waals surface area contributed by atoms with Crippen LogP contribution in [0.15, 0.2) is 18.2 Å². The molecule has 0 radical (unpaired) electrons. The van der Waals surface area contributed by atoms with E-state index < -0.39 is 11.6 Å². The first-order valence-electron chi connectivity index (χ1n) is 6.85. The molecule has 0 aromatic heterocycles. The Hall–Kier alpha value is -0.960. The van der Waals surface area contributed by atoms with Gasteiger partial charge in [0.05, 0.1) is 0 Å². The topological polar surface area (TPSA) is 12.0 Å². The van der Waals surface area contributed by atoms with Crippen LogP contribution in [-0.4, -0.2) is 7.05 Å². The van der Waals surface area contributed by atoms with Crippen LogP contribution in [0.25, 0.3) is 0 Å². The molecule has 0 spiro atoms. The maximum Gasteiger partial charge on any atom is 0.159 e. The summed E-state index contributed by atoms with van der Waals surface area (Å²) in [6, 6.07) is 4.21. The van der Waals surface area contributed by atoms with Crippen molar-refractivity contribution in [2.45, 2.75) is 46.6 Å². The number of halogens is 2. The standard InChI is InChI=1S/C16H25F2N/c1-11(10-16(2,3)4)8-15(19-5)12-6-7-13(17)14(18)9-12/h6-7,9,11,15,19H,8,10H2,1-5H3. The van der Waals surface area contributed by atoms with Crippen LogP contribution in [0.1, 0.15) is 52.1 Å². The minimum Gasteiger partial charge on any atom is -0.313 e. The monoisotopic (exact) mass is 269 g/mol. The SMILES string of the molecule is CNC(CC(C)CC(C)(C)C)c1ccc(F)c(F)c1. The van der Waals surface area contributed by atoms with Gasteiger partial charge in [0.2, 0.25) is 0 Å². The molecule has 0 aliphatic carbocycles. The molecule has 1 rings (SSSR count). The highest BCUT2D eigenvalue weighted by Gasteiger charge is 2.20. The molecule has 1 aromatic rings. The van der Waals surface area contributed by atoms with Gasteiger partial charge in [-0.25, -0.2) is 8.78 Å². The smallest absolute Gasteiger partial charge is 0.159 e. The van der Waals surface area contributed by atoms with Crippen LogP contribution in [-0.2, 0) is 0 Å². The summed E-state index contributed by atoms with van der Waals surface area (Å²) in [6.45, 7) is 8.86. The van der Waals surface area contributed by atoms with E-state index in [4.69, 9.17) is 0 Å². The molecule has 0 aliphatic heterocycles. The third-order valence-electron chi connectivity index (χ3n) is 3.29. The van der Waals surface area contributed by atoms with Gasteiger partial charge in [-0.15, -0.1) is 0 Å². The lowest BCUT2D eigenvalue weighted by Crippen LogP contribution is -2.21. The van der Waals surface area contributed by atoms with Crippen LogP contribution in [0.5, 0.6) is 0 Å². The van der Waals surface area contributed by atoms with Crippen molar-refractivity contribution in [3.8, 4) is 0 Å². The second-order valence-corrected chi connectivity index (χ2v) is 6.62. The Balaban J connectivity index is 2.75. The zero-order chi connectivity index (χ0) is 14.6. The summed E-state index contributed by atoms with van der Waals surface area (Å²) >= 11 is 0. The molecule has 0 fully saturated rings. The third-order valence-corrected chi connectivity index (χ3v) is 3.29. The molecule has 108 valence electrons. The van der Waals surface area contributed by atoms with Crippen molar-refractivity contribution in [1.82, 2.24) is 5.32 Å². The average molecular weight is 269 g/mol. The van der Waals surface area contributed by atoms with Gasteiger partial charge in [-0.3, -0.25) is 0 Å². The van der Waals surface area contributed by atoms with Gasteiger partial charge in [-0.05, 0) is 48.9 Å². The molecule has 19 heavy (non-hydrogen) atoms. The average Bonchev–Trinajstić information content (AvgIpc) is 2.27. The maximum atomic E-state index is 13.3. The largest absolute Gasteiger partial charge is 0.313 e. The summed E-state index contributed by atoms with van der Waals surface area (Å²) in [7, 11) is 1.86. The van der Waals surface area contributed by atoms with Gasteiger partial charge in [0.15, 0.2) is 11.6 Å². The first-order valence-corrected chi connectivity index (χ1v) is 6.85. The molecule has 2 atom stereocenters.